The van der Waals surface area contributed by atoms with Gasteiger partial charge in [-0.25, -0.2) is 9.38 Å². The van der Waals surface area contributed by atoms with E-state index in [9.17, 15) is 14.3 Å². The minimum absolute atomic E-state index is 0.0279. The molecule has 5 rings (SSSR count). The van der Waals surface area contributed by atoms with Crippen molar-refractivity contribution in [1.29, 1.82) is 0 Å². The number of likely N-dealkylation sites (tertiary alicyclic amines) is 1. The molecule has 7 nitrogen and oxygen atoms in total. The highest BCUT2D eigenvalue weighted by atomic mass is 19.1. The van der Waals surface area contributed by atoms with Crippen molar-refractivity contribution in [2.24, 2.45) is 10.9 Å². The molecule has 2 unspecified atom stereocenters. The quantitative estimate of drug-likeness (QED) is 0.485. The minimum Gasteiger partial charge on any atom is -0.391 e. The van der Waals surface area contributed by atoms with Gasteiger partial charge in [0.2, 0.25) is 5.91 Å². The lowest BCUT2D eigenvalue weighted by Gasteiger charge is -2.32. The number of aliphatic hydroxyl groups is 1. The van der Waals surface area contributed by atoms with Crippen LogP contribution in [-0.2, 0) is 10.3 Å². The lowest BCUT2D eigenvalue weighted by molar-refractivity contribution is -0.134. The summed E-state index contributed by atoms with van der Waals surface area (Å²) < 4.78 is 19.8. The maximum atomic E-state index is 14.3. The Morgan fingerprint density at radius 2 is 1.95 bits per heavy atom. The highest BCUT2D eigenvalue weighted by molar-refractivity contribution is 5.96. The number of carbonyl (C=O) groups excluding carboxylic acids is 1. The molecule has 2 aliphatic rings. The van der Waals surface area contributed by atoms with Crippen LogP contribution in [0.25, 0.3) is 11.1 Å². The van der Waals surface area contributed by atoms with Crippen LogP contribution < -0.4 is 5.32 Å². The SMILES string of the molecule is C=C1N=C(C2C[C@@H](O)CN2C(=O)C(c2cc(C)no2)C(C)C)N[C@@]1(C)c1ccc(-c2ccccc2F)cc1. The lowest BCUT2D eigenvalue weighted by Crippen LogP contribution is -2.50. The van der Waals surface area contributed by atoms with E-state index in [2.05, 4.69) is 17.1 Å². The molecular formula is C30H33FN4O3. The Bertz CT molecular complexity index is 1400. The van der Waals surface area contributed by atoms with E-state index >= 15 is 0 Å². The van der Waals surface area contributed by atoms with Gasteiger partial charge in [-0.15, -0.1) is 0 Å². The smallest absolute Gasteiger partial charge is 0.234 e. The average Bonchev–Trinajstić information content (AvgIpc) is 3.57. The molecule has 0 aliphatic carbocycles. The number of rotatable bonds is 6. The summed E-state index contributed by atoms with van der Waals surface area (Å²) in [6.07, 6.45) is -0.300. The van der Waals surface area contributed by atoms with Crippen LogP contribution in [0, 0.1) is 18.7 Å². The molecule has 1 fully saturated rings. The third-order valence-corrected chi connectivity index (χ3v) is 7.62. The van der Waals surface area contributed by atoms with Gasteiger partial charge in [-0.2, -0.15) is 0 Å². The normalized spacial score (nSPS) is 24.0. The number of benzene rings is 2. The zero-order valence-corrected chi connectivity index (χ0v) is 22.1. The van der Waals surface area contributed by atoms with Crippen molar-refractivity contribution in [3.63, 3.8) is 0 Å². The van der Waals surface area contributed by atoms with Crippen LogP contribution in [0.5, 0.6) is 0 Å². The fourth-order valence-electron chi connectivity index (χ4n) is 5.45. The molecule has 0 spiro atoms. The van der Waals surface area contributed by atoms with Crippen LogP contribution in [0.3, 0.4) is 0 Å². The Morgan fingerprint density at radius 3 is 2.58 bits per heavy atom. The molecule has 0 bridgehead atoms. The molecule has 1 saturated heterocycles. The first kappa shape index (κ1) is 25.9. The molecule has 2 aromatic carbocycles. The topological polar surface area (TPSA) is 91.0 Å². The van der Waals surface area contributed by atoms with Gasteiger partial charge in [0.15, 0.2) is 0 Å². The number of nitrogens with zero attached hydrogens (tertiary/aromatic N) is 3. The van der Waals surface area contributed by atoms with Crippen molar-refractivity contribution in [2.45, 2.75) is 57.7 Å². The summed E-state index contributed by atoms with van der Waals surface area (Å²) in [5, 5.41) is 18.1. The summed E-state index contributed by atoms with van der Waals surface area (Å²) in [6, 6.07) is 15.7. The van der Waals surface area contributed by atoms with E-state index < -0.39 is 23.6 Å². The van der Waals surface area contributed by atoms with Gasteiger partial charge in [0, 0.05) is 24.6 Å². The second-order valence-electron chi connectivity index (χ2n) is 10.7. The largest absolute Gasteiger partial charge is 0.391 e. The predicted octanol–water partition coefficient (Wildman–Crippen LogP) is 4.92. The first-order chi connectivity index (χ1) is 18.1. The molecule has 0 saturated carbocycles. The third kappa shape index (κ3) is 4.53. The Kier molecular flexibility index (Phi) is 6.69. The molecule has 3 heterocycles. The first-order valence-corrected chi connectivity index (χ1v) is 12.9. The molecule has 8 heteroatoms. The number of aryl methyl sites for hydroxylation is 1. The van der Waals surface area contributed by atoms with Gasteiger partial charge in [-0.3, -0.25) is 4.79 Å². The first-order valence-electron chi connectivity index (χ1n) is 12.9. The molecule has 4 atom stereocenters. The number of carbonyl (C=O) groups is 1. The van der Waals surface area contributed by atoms with Crippen LogP contribution in [0.2, 0.25) is 0 Å². The van der Waals surface area contributed by atoms with Crippen molar-refractivity contribution in [1.82, 2.24) is 15.4 Å². The van der Waals surface area contributed by atoms with Crippen molar-refractivity contribution >= 4 is 11.7 Å². The molecule has 38 heavy (non-hydrogen) atoms. The van der Waals surface area contributed by atoms with Gasteiger partial charge in [-0.05, 0) is 37.0 Å². The Morgan fingerprint density at radius 1 is 1.24 bits per heavy atom. The zero-order valence-electron chi connectivity index (χ0n) is 22.1. The number of hydrogen-bond donors (Lipinski definition) is 2. The van der Waals surface area contributed by atoms with E-state index in [1.807, 2.05) is 58.0 Å². The lowest BCUT2D eigenvalue weighted by atomic mass is 9.88. The summed E-state index contributed by atoms with van der Waals surface area (Å²) in [4.78, 5) is 20.3. The summed E-state index contributed by atoms with van der Waals surface area (Å²) >= 11 is 0. The minimum atomic E-state index is -0.717. The van der Waals surface area contributed by atoms with Gasteiger partial charge in [-0.1, -0.05) is 68.0 Å². The summed E-state index contributed by atoms with van der Waals surface area (Å²) in [6.45, 7) is 12.2. The number of β-amino-alcohol motifs (C(OH)–C–C–N with tert-alkyl or cyclic N) is 1. The van der Waals surface area contributed by atoms with Crippen molar-refractivity contribution in [3.8, 4) is 11.1 Å². The van der Waals surface area contributed by atoms with Crippen molar-refractivity contribution in [2.75, 3.05) is 6.54 Å². The van der Waals surface area contributed by atoms with Crippen molar-refractivity contribution in [3.05, 3.63) is 89.7 Å². The number of aromatic nitrogens is 1. The third-order valence-electron chi connectivity index (χ3n) is 7.62. The van der Waals surface area contributed by atoms with Gasteiger partial charge in [0.25, 0.3) is 0 Å². The maximum absolute atomic E-state index is 14.3. The standard InChI is InChI=1S/C30H33FN4O3/c1-17(2)27(26-14-18(3)34-38-26)29(37)35-16-22(36)15-25(35)28-32-19(4)30(5,33-28)21-12-10-20(11-13-21)23-8-6-7-9-24(23)31/h6-14,17,22,25,27,36H,4,15-16H2,1-3,5H3,(H,32,33)/t22-,25?,27?,30-/m1/s1. The van der Waals surface area contributed by atoms with Crippen LogP contribution in [0.1, 0.15) is 50.1 Å². The monoisotopic (exact) mass is 516 g/mol. The summed E-state index contributed by atoms with van der Waals surface area (Å²) in [5.74, 6) is 0.164. The number of aliphatic imine (C=N–C) groups is 1. The van der Waals surface area contributed by atoms with Crippen LogP contribution in [0.15, 0.2) is 76.4 Å². The van der Waals surface area contributed by atoms with E-state index in [1.54, 1.807) is 23.1 Å². The highest BCUT2D eigenvalue weighted by Gasteiger charge is 2.46. The number of halogens is 1. The molecular weight excluding hydrogens is 483 g/mol. The maximum Gasteiger partial charge on any atom is 0.234 e. The number of amides is 1. The Hall–Kier alpha value is -3.78. The Labute approximate surface area is 222 Å². The summed E-state index contributed by atoms with van der Waals surface area (Å²) in [5.41, 5.74) is 2.83. The Balaban J connectivity index is 1.39. The molecule has 1 aromatic heterocycles. The van der Waals surface area contributed by atoms with E-state index in [4.69, 9.17) is 9.52 Å². The van der Waals surface area contributed by atoms with E-state index in [0.717, 1.165) is 11.1 Å². The highest BCUT2D eigenvalue weighted by Crippen LogP contribution is 2.38. The van der Waals surface area contributed by atoms with Gasteiger partial charge in [0.05, 0.1) is 23.5 Å². The van der Waals surface area contributed by atoms with Crippen LogP contribution in [-0.4, -0.2) is 45.6 Å². The molecule has 0 radical (unpaired) electrons. The molecule has 1 amide bonds. The fourth-order valence-corrected chi connectivity index (χ4v) is 5.45. The van der Waals surface area contributed by atoms with Gasteiger partial charge in [0.1, 0.15) is 28.9 Å². The fraction of sp³-hybridized carbons (Fsp3) is 0.367. The molecule has 3 aromatic rings. The van der Waals surface area contributed by atoms with Gasteiger partial charge < -0.3 is 19.8 Å². The number of nitrogens with one attached hydrogen (secondary N) is 1. The van der Waals surface area contributed by atoms with Gasteiger partial charge >= 0.3 is 0 Å². The van der Waals surface area contributed by atoms with E-state index in [1.165, 1.54) is 6.07 Å². The average molecular weight is 517 g/mol. The number of hydrogen-bond acceptors (Lipinski definition) is 6. The number of amidine groups is 1. The second-order valence-corrected chi connectivity index (χ2v) is 10.7. The van der Waals surface area contributed by atoms with Crippen molar-refractivity contribution < 1.29 is 18.8 Å². The second kappa shape index (κ2) is 9.83. The number of aliphatic hydroxyl groups excluding tert-OH is 1. The molecule has 2 N–H and O–H groups in total. The summed E-state index contributed by atoms with van der Waals surface area (Å²) in [7, 11) is 0. The molecule has 198 valence electrons. The van der Waals surface area contributed by atoms with Crippen LogP contribution in [0.4, 0.5) is 4.39 Å². The molecule has 2 aliphatic heterocycles. The van der Waals surface area contributed by atoms with E-state index in [0.29, 0.717) is 35.0 Å². The predicted molar refractivity (Wildman–Crippen MR) is 144 cm³/mol. The van der Waals surface area contributed by atoms with Crippen LogP contribution >= 0.6 is 0 Å². The zero-order chi connectivity index (χ0) is 27.2. The van der Waals surface area contributed by atoms with E-state index in [-0.39, 0.29) is 24.2 Å².